The summed E-state index contributed by atoms with van der Waals surface area (Å²) >= 11 is 0. The van der Waals surface area contributed by atoms with Crippen molar-refractivity contribution < 1.29 is 41.6 Å². The topological polar surface area (TPSA) is 133 Å². The first-order valence-electron chi connectivity index (χ1n) is 11.4. The van der Waals surface area contributed by atoms with E-state index in [0.717, 1.165) is 6.07 Å². The molecule has 38 heavy (non-hydrogen) atoms. The van der Waals surface area contributed by atoms with E-state index in [0.29, 0.717) is 0 Å². The molecule has 0 saturated carbocycles. The SMILES string of the molecule is C=C(C)C(=O)OCCOC(=O)c1cccc(S(=O)(=O)OCC(O)(C(=O)c2ccccc2)c2ccccc2)c1. The van der Waals surface area contributed by atoms with Crippen molar-refractivity contribution in [1.82, 2.24) is 0 Å². The monoisotopic (exact) mass is 538 g/mol. The molecule has 0 radical (unpaired) electrons. The molecule has 0 spiro atoms. The second-order valence-electron chi connectivity index (χ2n) is 8.22. The van der Waals surface area contributed by atoms with Crippen LogP contribution in [-0.2, 0) is 34.2 Å². The number of hydrogen-bond acceptors (Lipinski definition) is 9. The summed E-state index contributed by atoms with van der Waals surface area (Å²) < 4.78 is 41.0. The van der Waals surface area contributed by atoms with E-state index in [4.69, 9.17) is 13.7 Å². The molecule has 3 aromatic rings. The Labute approximate surface area is 220 Å². The predicted octanol–water partition coefficient (Wildman–Crippen LogP) is 3.44. The Bertz CT molecular complexity index is 1420. The van der Waals surface area contributed by atoms with Gasteiger partial charge in [0.15, 0.2) is 5.60 Å². The van der Waals surface area contributed by atoms with Crippen LogP contribution in [-0.4, -0.2) is 51.1 Å². The van der Waals surface area contributed by atoms with E-state index < -0.39 is 40.0 Å². The molecule has 0 aliphatic heterocycles. The molecule has 0 heterocycles. The van der Waals surface area contributed by atoms with Crippen LogP contribution < -0.4 is 0 Å². The summed E-state index contributed by atoms with van der Waals surface area (Å²) in [5, 5.41) is 11.4. The van der Waals surface area contributed by atoms with Gasteiger partial charge < -0.3 is 14.6 Å². The number of esters is 2. The van der Waals surface area contributed by atoms with E-state index in [-0.39, 0.29) is 40.4 Å². The highest BCUT2D eigenvalue weighted by atomic mass is 32.2. The van der Waals surface area contributed by atoms with Crippen molar-refractivity contribution in [2.24, 2.45) is 0 Å². The highest BCUT2D eigenvalue weighted by Crippen LogP contribution is 2.28. The van der Waals surface area contributed by atoms with Gasteiger partial charge in [-0.1, -0.05) is 73.3 Å². The Kier molecular flexibility index (Phi) is 9.30. The van der Waals surface area contributed by atoms with Crippen LogP contribution in [0.2, 0.25) is 0 Å². The molecule has 10 heteroatoms. The van der Waals surface area contributed by atoms with E-state index in [2.05, 4.69) is 6.58 Å². The lowest BCUT2D eigenvalue weighted by Gasteiger charge is -2.27. The molecule has 1 N–H and O–H groups in total. The first kappa shape index (κ1) is 28.5. The molecule has 9 nitrogen and oxygen atoms in total. The van der Waals surface area contributed by atoms with Gasteiger partial charge in [0.2, 0.25) is 5.78 Å². The van der Waals surface area contributed by atoms with Gasteiger partial charge in [0.1, 0.15) is 19.8 Å². The van der Waals surface area contributed by atoms with Gasteiger partial charge in [0, 0.05) is 11.1 Å². The van der Waals surface area contributed by atoms with Crippen molar-refractivity contribution in [3.05, 3.63) is 114 Å². The Balaban J connectivity index is 1.76. The summed E-state index contributed by atoms with van der Waals surface area (Å²) in [6.07, 6.45) is 0. The first-order valence-corrected chi connectivity index (χ1v) is 12.8. The van der Waals surface area contributed by atoms with Crippen molar-refractivity contribution in [2.75, 3.05) is 19.8 Å². The molecule has 1 atom stereocenters. The fraction of sp³-hybridized carbons (Fsp3) is 0.179. The van der Waals surface area contributed by atoms with Crippen molar-refractivity contribution >= 4 is 27.8 Å². The Morgan fingerprint density at radius 2 is 1.42 bits per heavy atom. The second-order valence-corrected chi connectivity index (χ2v) is 9.83. The maximum absolute atomic E-state index is 13.2. The van der Waals surface area contributed by atoms with Gasteiger partial charge in [-0.15, -0.1) is 0 Å². The minimum atomic E-state index is -4.52. The lowest BCUT2D eigenvalue weighted by molar-refractivity contribution is -0.140. The van der Waals surface area contributed by atoms with Gasteiger partial charge in [-0.3, -0.25) is 8.98 Å². The number of ether oxygens (including phenoxy) is 2. The molecular formula is C28H26O9S. The lowest BCUT2D eigenvalue weighted by Crippen LogP contribution is -2.41. The van der Waals surface area contributed by atoms with Gasteiger partial charge in [-0.2, -0.15) is 8.42 Å². The van der Waals surface area contributed by atoms with Gasteiger partial charge in [-0.25, -0.2) is 9.59 Å². The fourth-order valence-corrected chi connectivity index (χ4v) is 4.29. The zero-order valence-electron chi connectivity index (χ0n) is 20.5. The zero-order chi connectivity index (χ0) is 27.8. The number of benzene rings is 3. The number of aliphatic hydroxyl groups is 1. The van der Waals surface area contributed by atoms with Crippen LogP contribution in [0.15, 0.2) is 102 Å². The van der Waals surface area contributed by atoms with E-state index in [9.17, 15) is 27.9 Å². The van der Waals surface area contributed by atoms with Crippen LogP contribution in [0, 0.1) is 0 Å². The zero-order valence-corrected chi connectivity index (χ0v) is 21.3. The summed E-state index contributed by atoms with van der Waals surface area (Å²) in [7, 11) is -4.52. The molecule has 0 aliphatic carbocycles. The maximum Gasteiger partial charge on any atom is 0.338 e. The van der Waals surface area contributed by atoms with Crippen LogP contribution in [0.5, 0.6) is 0 Å². The van der Waals surface area contributed by atoms with Crippen molar-refractivity contribution in [1.29, 1.82) is 0 Å². The van der Waals surface area contributed by atoms with Crippen LogP contribution in [0.25, 0.3) is 0 Å². The third-order valence-corrected chi connectivity index (χ3v) is 6.60. The number of ketones is 1. The molecule has 1 unspecified atom stereocenters. The van der Waals surface area contributed by atoms with Crippen LogP contribution in [0.1, 0.15) is 33.2 Å². The summed E-state index contributed by atoms with van der Waals surface area (Å²) in [5.74, 6) is -2.23. The number of carbonyl (C=O) groups is 3. The lowest BCUT2D eigenvalue weighted by atomic mass is 9.86. The van der Waals surface area contributed by atoms with Crippen LogP contribution in [0.4, 0.5) is 0 Å². The van der Waals surface area contributed by atoms with E-state index in [1.807, 2.05) is 0 Å². The third-order valence-electron chi connectivity index (χ3n) is 5.34. The number of rotatable bonds is 12. The van der Waals surface area contributed by atoms with Crippen molar-refractivity contribution in [3.8, 4) is 0 Å². The molecule has 0 bridgehead atoms. The van der Waals surface area contributed by atoms with Crippen molar-refractivity contribution in [3.63, 3.8) is 0 Å². The maximum atomic E-state index is 13.2. The van der Waals surface area contributed by atoms with E-state index >= 15 is 0 Å². The average molecular weight is 539 g/mol. The minimum Gasteiger partial charge on any atom is -0.459 e. The smallest absolute Gasteiger partial charge is 0.338 e. The van der Waals surface area contributed by atoms with Crippen LogP contribution in [0.3, 0.4) is 0 Å². The molecule has 198 valence electrons. The standard InChI is InChI=1S/C28H26O9S/c1-20(2)26(30)35-16-17-36-27(31)22-12-9-15-24(18-22)38(33,34)37-19-28(32,23-13-7-4-8-14-23)25(29)21-10-5-3-6-11-21/h3-15,18,32H,1,16-17,19H2,2H3. The summed E-state index contributed by atoms with van der Waals surface area (Å²) in [6, 6.07) is 20.7. The van der Waals surface area contributed by atoms with Gasteiger partial charge in [-0.05, 0) is 30.7 Å². The Morgan fingerprint density at radius 1 is 0.842 bits per heavy atom. The van der Waals surface area contributed by atoms with Gasteiger partial charge in [0.05, 0.1) is 10.5 Å². The van der Waals surface area contributed by atoms with Gasteiger partial charge >= 0.3 is 11.9 Å². The van der Waals surface area contributed by atoms with E-state index in [1.54, 1.807) is 36.4 Å². The van der Waals surface area contributed by atoms with Gasteiger partial charge in [0.25, 0.3) is 10.1 Å². The molecule has 0 saturated heterocycles. The van der Waals surface area contributed by atoms with Crippen molar-refractivity contribution in [2.45, 2.75) is 17.4 Å². The third kappa shape index (κ3) is 7.00. The molecule has 3 aromatic carbocycles. The summed E-state index contributed by atoms with van der Waals surface area (Å²) in [5.41, 5.74) is -1.90. The highest BCUT2D eigenvalue weighted by molar-refractivity contribution is 7.86. The molecule has 0 aliphatic rings. The average Bonchev–Trinajstić information content (AvgIpc) is 2.94. The second kappa shape index (κ2) is 12.4. The van der Waals surface area contributed by atoms with E-state index in [1.165, 1.54) is 49.4 Å². The Morgan fingerprint density at radius 3 is 2.05 bits per heavy atom. The Hall–Kier alpha value is -4.12. The minimum absolute atomic E-state index is 0.0976. The number of Topliss-reactive ketones (excluding diaryl/α,β-unsaturated/α-hetero) is 1. The molecule has 0 amide bonds. The van der Waals surface area contributed by atoms with Crippen LogP contribution >= 0.6 is 0 Å². The quantitative estimate of drug-likeness (QED) is 0.121. The number of carbonyl (C=O) groups excluding carboxylic acids is 3. The normalized spacial score (nSPS) is 12.7. The largest absolute Gasteiger partial charge is 0.459 e. The molecule has 0 fully saturated rings. The predicted molar refractivity (Wildman–Crippen MR) is 137 cm³/mol. The first-order chi connectivity index (χ1) is 18.0. The molecule has 3 rings (SSSR count). The highest BCUT2D eigenvalue weighted by Gasteiger charge is 2.40. The molecule has 0 aromatic heterocycles. The molecular weight excluding hydrogens is 512 g/mol. The summed E-state index contributed by atoms with van der Waals surface area (Å²) in [6.45, 7) is 3.55. The fourth-order valence-electron chi connectivity index (χ4n) is 3.31. The number of hydrogen-bond donors (Lipinski definition) is 1. The summed E-state index contributed by atoms with van der Waals surface area (Å²) in [4.78, 5) is 36.6.